The number of amides is 1. The van der Waals surface area contributed by atoms with Crippen molar-refractivity contribution < 1.29 is 28.6 Å². The zero-order valence-corrected chi connectivity index (χ0v) is 14.7. The van der Waals surface area contributed by atoms with E-state index in [-0.39, 0.29) is 17.5 Å². The van der Waals surface area contributed by atoms with Crippen LogP contribution in [0.25, 0.3) is 0 Å². The fraction of sp³-hybridized carbons (Fsp3) is 0.263. The van der Waals surface area contributed by atoms with Gasteiger partial charge in [-0.15, -0.1) is 0 Å². The van der Waals surface area contributed by atoms with E-state index in [0.717, 1.165) is 0 Å². The summed E-state index contributed by atoms with van der Waals surface area (Å²) in [5.41, 5.74) is 0.889. The van der Waals surface area contributed by atoms with Gasteiger partial charge >= 0.3 is 5.97 Å². The molecule has 2 aromatic carbocycles. The van der Waals surface area contributed by atoms with E-state index in [1.807, 2.05) is 0 Å². The SMILES string of the molecule is COc1ccc(C(CC(=O)O)NC(=O)c2cccc(F)c2C)cc1OC. The zero-order valence-electron chi connectivity index (χ0n) is 14.7. The summed E-state index contributed by atoms with van der Waals surface area (Å²) in [4.78, 5) is 23.8. The lowest BCUT2D eigenvalue weighted by molar-refractivity contribution is -0.137. The largest absolute Gasteiger partial charge is 0.493 e. The number of nitrogens with one attached hydrogen (secondary N) is 1. The van der Waals surface area contributed by atoms with Gasteiger partial charge in [-0.05, 0) is 42.3 Å². The summed E-state index contributed by atoms with van der Waals surface area (Å²) in [5.74, 6) is -1.24. The number of methoxy groups -OCH3 is 2. The molecule has 0 saturated heterocycles. The molecule has 7 heteroatoms. The number of benzene rings is 2. The Balaban J connectivity index is 2.34. The molecule has 0 saturated carbocycles. The number of carbonyl (C=O) groups is 2. The number of halogens is 1. The molecular weight excluding hydrogens is 341 g/mol. The number of hydrogen-bond donors (Lipinski definition) is 2. The molecule has 0 heterocycles. The highest BCUT2D eigenvalue weighted by molar-refractivity contribution is 5.96. The first-order valence-electron chi connectivity index (χ1n) is 7.87. The van der Waals surface area contributed by atoms with Crippen LogP contribution in [-0.4, -0.2) is 31.2 Å². The van der Waals surface area contributed by atoms with Crippen molar-refractivity contribution in [2.75, 3.05) is 14.2 Å². The number of rotatable bonds is 7. The minimum atomic E-state index is -1.08. The van der Waals surface area contributed by atoms with Crippen molar-refractivity contribution in [3.63, 3.8) is 0 Å². The highest BCUT2D eigenvalue weighted by Gasteiger charge is 2.22. The van der Waals surface area contributed by atoms with Gasteiger partial charge in [-0.25, -0.2) is 4.39 Å². The second kappa shape index (κ2) is 8.33. The molecule has 2 aromatic rings. The summed E-state index contributed by atoms with van der Waals surface area (Å²) in [6.07, 6.45) is -0.338. The minimum Gasteiger partial charge on any atom is -0.493 e. The maximum Gasteiger partial charge on any atom is 0.305 e. The summed E-state index contributed by atoms with van der Waals surface area (Å²) in [5, 5.41) is 11.8. The first-order valence-corrected chi connectivity index (χ1v) is 7.87. The Morgan fingerprint density at radius 3 is 2.46 bits per heavy atom. The van der Waals surface area contributed by atoms with E-state index in [1.165, 1.54) is 39.3 Å². The molecule has 0 aromatic heterocycles. The third kappa shape index (κ3) is 4.30. The summed E-state index contributed by atoms with van der Waals surface area (Å²) in [7, 11) is 2.95. The van der Waals surface area contributed by atoms with Crippen LogP contribution >= 0.6 is 0 Å². The second-order valence-electron chi connectivity index (χ2n) is 5.65. The summed E-state index contributed by atoms with van der Waals surface area (Å²) >= 11 is 0. The Morgan fingerprint density at radius 2 is 1.85 bits per heavy atom. The summed E-state index contributed by atoms with van der Waals surface area (Å²) < 4.78 is 24.1. The van der Waals surface area contributed by atoms with Gasteiger partial charge in [-0.3, -0.25) is 9.59 Å². The monoisotopic (exact) mass is 361 g/mol. The van der Waals surface area contributed by atoms with Crippen LogP contribution in [0.4, 0.5) is 4.39 Å². The molecular formula is C19H20FNO5. The third-order valence-electron chi connectivity index (χ3n) is 4.01. The molecule has 1 amide bonds. The zero-order chi connectivity index (χ0) is 19.3. The van der Waals surface area contributed by atoms with E-state index < -0.39 is 23.7 Å². The molecule has 1 unspecified atom stereocenters. The van der Waals surface area contributed by atoms with Gasteiger partial charge in [0.05, 0.1) is 26.7 Å². The normalized spacial score (nSPS) is 11.5. The van der Waals surface area contributed by atoms with Gasteiger partial charge < -0.3 is 19.9 Å². The summed E-state index contributed by atoms with van der Waals surface area (Å²) in [6, 6.07) is 8.24. The average molecular weight is 361 g/mol. The third-order valence-corrected chi connectivity index (χ3v) is 4.01. The molecule has 0 aliphatic heterocycles. The van der Waals surface area contributed by atoms with Crippen LogP contribution in [0.15, 0.2) is 36.4 Å². The van der Waals surface area contributed by atoms with Gasteiger partial charge in [0.15, 0.2) is 11.5 Å². The fourth-order valence-electron chi connectivity index (χ4n) is 2.59. The number of carbonyl (C=O) groups excluding carboxylic acids is 1. The molecule has 26 heavy (non-hydrogen) atoms. The Labute approximate surface area is 150 Å². The molecule has 2 N–H and O–H groups in total. The average Bonchev–Trinajstić information content (AvgIpc) is 2.62. The maximum absolute atomic E-state index is 13.7. The van der Waals surface area contributed by atoms with Gasteiger partial charge in [0.1, 0.15) is 5.82 Å². The molecule has 6 nitrogen and oxygen atoms in total. The fourth-order valence-corrected chi connectivity index (χ4v) is 2.59. The Bertz CT molecular complexity index is 822. The van der Waals surface area contributed by atoms with Crippen LogP contribution in [0.5, 0.6) is 11.5 Å². The van der Waals surface area contributed by atoms with Crippen LogP contribution in [0.2, 0.25) is 0 Å². The van der Waals surface area contributed by atoms with Gasteiger partial charge in [-0.2, -0.15) is 0 Å². The van der Waals surface area contributed by atoms with Crippen LogP contribution < -0.4 is 14.8 Å². The Kier molecular flexibility index (Phi) is 6.16. The van der Waals surface area contributed by atoms with Crippen molar-refractivity contribution in [1.82, 2.24) is 5.32 Å². The van der Waals surface area contributed by atoms with Crippen molar-refractivity contribution >= 4 is 11.9 Å². The van der Waals surface area contributed by atoms with Crippen LogP contribution in [0.3, 0.4) is 0 Å². The number of carboxylic acids is 1. The predicted molar refractivity (Wildman–Crippen MR) is 93.1 cm³/mol. The predicted octanol–water partition coefficient (Wildman–Crippen LogP) is 3.10. The van der Waals surface area contributed by atoms with Gasteiger partial charge in [0.25, 0.3) is 5.91 Å². The second-order valence-corrected chi connectivity index (χ2v) is 5.65. The molecule has 0 fully saturated rings. The highest BCUT2D eigenvalue weighted by Crippen LogP contribution is 2.31. The van der Waals surface area contributed by atoms with Crippen LogP contribution in [0, 0.1) is 12.7 Å². The van der Waals surface area contributed by atoms with Crippen molar-refractivity contribution in [3.05, 3.63) is 58.9 Å². The van der Waals surface area contributed by atoms with E-state index in [4.69, 9.17) is 9.47 Å². The molecule has 0 bridgehead atoms. The Morgan fingerprint density at radius 1 is 1.15 bits per heavy atom. The minimum absolute atomic E-state index is 0.154. The lowest BCUT2D eigenvalue weighted by Crippen LogP contribution is -2.30. The first kappa shape index (κ1) is 19.2. The van der Waals surface area contributed by atoms with E-state index in [2.05, 4.69) is 5.32 Å². The van der Waals surface area contributed by atoms with E-state index in [0.29, 0.717) is 17.1 Å². The van der Waals surface area contributed by atoms with Crippen molar-refractivity contribution in [2.24, 2.45) is 0 Å². The lowest BCUT2D eigenvalue weighted by Gasteiger charge is -2.19. The van der Waals surface area contributed by atoms with Crippen molar-refractivity contribution in [2.45, 2.75) is 19.4 Å². The molecule has 0 aliphatic rings. The number of hydrogen-bond acceptors (Lipinski definition) is 4. The topological polar surface area (TPSA) is 84.9 Å². The smallest absolute Gasteiger partial charge is 0.305 e. The maximum atomic E-state index is 13.7. The standard InChI is InChI=1S/C19H20FNO5/c1-11-13(5-4-6-14(11)20)19(24)21-15(10-18(22)23)12-7-8-16(25-2)17(9-12)26-3/h4-9,15H,10H2,1-3H3,(H,21,24)(H,22,23). The van der Waals surface area contributed by atoms with Crippen molar-refractivity contribution in [1.29, 1.82) is 0 Å². The molecule has 0 spiro atoms. The van der Waals surface area contributed by atoms with Crippen molar-refractivity contribution in [3.8, 4) is 11.5 Å². The molecule has 1 atom stereocenters. The van der Waals surface area contributed by atoms with Crippen LogP contribution in [-0.2, 0) is 4.79 Å². The molecule has 2 rings (SSSR count). The van der Waals surface area contributed by atoms with E-state index in [1.54, 1.807) is 18.2 Å². The van der Waals surface area contributed by atoms with Gasteiger partial charge in [-0.1, -0.05) is 12.1 Å². The number of ether oxygens (including phenoxy) is 2. The quantitative estimate of drug-likeness (QED) is 0.792. The van der Waals surface area contributed by atoms with E-state index >= 15 is 0 Å². The van der Waals surface area contributed by atoms with Gasteiger partial charge in [0, 0.05) is 5.56 Å². The Hall–Kier alpha value is -3.09. The molecule has 0 radical (unpaired) electrons. The van der Waals surface area contributed by atoms with E-state index in [9.17, 15) is 19.1 Å². The number of aliphatic carboxylic acids is 1. The molecule has 0 aliphatic carbocycles. The highest BCUT2D eigenvalue weighted by atomic mass is 19.1. The molecule has 138 valence electrons. The van der Waals surface area contributed by atoms with Crippen LogP contribution in [0.1, 0.15) is 33.9 Å². The summed E-state index contributed by atoms with van der Waals surface area (Å²) in [6.45, 7) is 1.49. The van der Waals surface area contributed by atoms with Gasteiger partial charge in [0.2, 0.25) is 0 Å². The number of carboxylic acid groups (broad SMARTS) is 1. The first-order chi connectivity index (χ1) is 12.4. The lowest BCUT2D eigenvalue weighted by atomic mass is 10.0.